The van der Waals surface area contributed by atoms with Crippen molar-refractivity contribution in [1.82, 2.24) is 0 Å². The van der Waals surface area contributed by atoms with Crippen LogP contribution in [0.25, 0.3) is 0 Å². The number of carbonyl (C=O) groups is 2. The van der Waals surface area contributed by atoms with Crippen LogP contribution in [0.4, 0.5) is 0 Å². The lowest BCUT2D eigenvalue weighted by Crippen LogP contribution is -2.19. The third-order valence-electron chi connectivity index (χ3n) is 1.18. The van der Waals surface area contributed by atoms with Gasteiger partial charge in [-0.05, 0) is 18.2 Å². The zero-order valence-corrected chi connectivity index (χ0v) is 7.12. The zero-order chi connectivity index (χ0) is 9.84. The van der Waals surface area contributed by atoms with Crippen molar-refractivity contribution in [3.8, 4) is 5.75 Å². The zero-order valence-electron chi connectivity index (χ0n) is 6.36. The number of carboxylic acid groups (broad SMARTS) is 1. The van der Waals surface area contributed by atoms with Crippen LogP contribution in [0.15, 0.2) is 24.3 Å². The summed E-state index contributed by atoms with van der Waals surface area (Å²) < 4.78 is 4.43. The summed E-state index contributed by atoms with van der Waals surface area (Å²) in [5.74, 6) is -2.86. The summed E-state index contributed by atoms with van der Waals surface area (Å²) in [5.41, 5.74) is 0. The third-order valence-corrected chi connectivity index (χ3v) is 1.42. The Morgan fingerprint density at radius 2 is 2.08 bits per heavy atom. The summed E-state index contributed by atoms with van der Waals surface area (Å²) in [5, 5.41) is 8.58. The van der Waals surface area contributed by atoms with E-state index < -0.39 is 11.9 Å². The summed E-state index contributed by atoms with van der Waals surface area (Å²) in [6, 6.07) is 5.92. The van der Waals surface area contributed by atoms with Crippen LogP contribution in [0.3, 0.4) is 0 Å². The van der Waals surface area contributed by atoms with E-state index in [0.717, 1.165) is 0 Å². The number of esters is 1. The van der Waals surface area contributed by atoms with Gasteiger partial charge in [0.15, 0.2) is 0 Å². The molecule has 0 aromatic heterocycles. The summed E-state index contributed by atoms with van der Waals surface area (Å²) >= 11 is 5.57. The van der Waals surface area contributed by atoms with Crippen molar-refractivity contribution < 1.29 is 19.4 Å². The van der Waals surface area contributed by atoms with Gasteiger partial charge in [-0.2, -0.15) is 0 Å². The van der Waals surface area contributed by atoms with E-state index in [1.807, 2.05) is 0 Å². The van der Waals surface area contributed by atoms with E-state index in [4.69, 9.17) is 16.7 Å². The molecular weight excluding hydrogens is 196 g/mol. The van der Waals surface area contributed by atoms with Crippen LogP contribution in [-0.2, 0) is 9.59 Å². The predicted molar refractivity (Wildman–Crippen MR) is 44.7 cm³/mol. The second kappa shape index (κ2) is 3.91. The molecule has 1 aromatic rings. The summed E-state index contributed by atoms with van der Waals surface area (Å²) in [6.45, 7) is 0. The highest BCUT2D eigenvalue weighted by Gasteiger charge is 2.13. The van der Waals surface area contributed by atoms with Gasteiger partial charge in [0, 0.05) is 5.02 Å². The van der Waals surface area contributed by atoms with Gasteiger partial charge in [-0.25, -0.2) is 9.59 Å². The van der Waals surface area contributed by atoms with Crippen LogP contribution < -0.4 is 4.74 Å². The Hall–Kier alpha value is -1.55. The van der Waals surface area contributed by atoms with Gasteiger partial charge >= 0.3 is 11.9 Å². The number of aliphatic carboxylic acids is 1. The molecule has 1 aromatic carbocycles. The molecule has 0 bridgehead atoms. The van der Waals surface area contributed by atoms with Gasteiger partial charge in [-0.15, -0.1) is 0 Å². The lowest BCUT2D eigenvalue weighted by molar-refractivity contribution is -0.158. The van der Waals surface area contributed by atoms with E-state index in [9.17, 15) is 9.59 Å². The average Bonchev–Trinajstić information content (AvgIpc) is 2.04. The van der Waals surface area contributed by atoms with Crippen LogP contribution in [0.2, 0.25) is 5.02 Å². The summed E-state index contributed by atoms with van der Waals surface area (Å²) in [6.07, 6.45) is 0. The van der Waals surface area contributed by atoms with E-state index in [1.54, 1.807) is 12.1 Å². The maximum atomic E-state index is 10.6. The van der Waals surface area contributed by atoms with Crippen molar-refractivity contribution in [2.45, 2.75) is 0 Å². The molecule has 0 saturated carbocycles. The molecule has 0 fully saturated rings. The van der Waals surface area contributed by atoms with Gasteiger partial charge in [-0.3, -0.25) is 0 Å². The van der Waals surface area contributed by atoms with E-state index in [1.165, 1.54) is 12.1 Å². The molecule has 0 atom stereocenters. The Balaban J connectivity index is 2.75. The van der Waals surface area contributed by atoms with Gasteiger partial charge in [0.1, 0.15) is 5.75 Å². The first kappa shape index (κ1) is 9.54. The molecule has 0 aliphatic heterocycles. The molecule has 0 radical (unpaired) electrons. The second-order valence-corrected chi connectivity index (χ2v) is 2.59. The van der Waals surface area contributed by atoms with Crippen LogP contribution >= 0.6 is 11.6 Å². The van der Waals surface area contributed by atoms with E-state index in [2.05, 4.69) is 4.74 Å². The predicted octanol–water partition coefficient (Wildman–Crippen LogP) is 1.33. The lowest BCUT2D eigenvalue weighted by Gasteiger charge is -1.99. The maximum Gasteiger partial charge on any atom is 0.422 e. The minimum Gasteiger partial charge on any atom is -0.473 e. The molecule has 0 aliphatic carbocycles. The van der Waals surface area contributed by atoms with Gasteiger partial charge < -0.3 is 9.84 Å². The summed E-state index contributed by atoms with van der Waals surface area (Å²) in [4.78, 5) is 20.6. The van der Waals surface area contributed by atoms with Crippen LogP contribution in [0, 0.1) is 0 Å². The number of carbonyl (C=O) groups excluding carboxylic acids is 1. The molecule has 68 valence electrons. The van der Waals surface area contributed by atoms with Crippen molar-refractivity contribution in [3.05, 3.63) is 29.3 Å². The monoisotopic (exact) mass is 200 g/mol. The molecular formula is C8H5ClO4. The Morgan fingerprint density at radius 3 is 2.62 bits per heavy atom. The quantitative estimate of drug-likeness (QED) is 0.422. The smallest absolute Gasteiger partial charge is 0.422 e. The fraction of sp³-hybridized carbons (Fsp3) is 0. The number of carboxylic acids is 1. The van der Waals surface area contributed by atoms with Crippen molar-refractivity contribution in [2.24, 2.45) is 0 Å². The Kier molecular flexibility index (Phi) is 2.87. The first-order valence-electron chi connectivity index (χ1n) is 3.30. The van der Waals surface area contributed by atoms with E-state index in [0.29, 0.717) is 5.02 Å². The largest absolute Gasteiger partial charge is 0.473 e. The molecule has 4 nitrogen and oxygen atoms in total. The van der Waals surface area contributed by atoms with Gasteiger partial charge in [0.2, 0.25) is 0 Å². The highest BCUT2D eigenvalue weighted by atomic mass is 35.5. The number of hydrogen-bond donors (Lipinski definition) is 1. The third kappa shape index (κ3) is 2.76. The minimum atomic E-state index is -1.64. The fourth-order valence-electron chi connectivity index (χ4n) is 0.681. The standard InChI is InChI=1S/C8H5ClO4/c9-5-2-1-3-6(4-5)13-8(12)7(10)11/h1-4H,(H,10,11). The minimum absolute atomic E-state index is 0.111. The first-order valence-corrected chi connectivity index (χ1v) is 3.68. The fourth-order valence-corrected chi connectivity index (χ4v) is 0.861. The van der Waals surface area contributed by atoms with Gasteiger partial charge in [-0.1, -0.05) is 17.7 Å². The highest BCUT2D eigenvalue weighted by Crippen LogP contribution is 2.16. The second-order valence-electron chi connectivity index (χ2n) is 2.15. The molecule has 13 heavy (non-hydrogen) atoms. The molecule has 1 rings (SSSR count). The number of benzene rings is 1. The molecule has 5 heteroatoms. The first-order chi connectivity index (χ1) is 6.09. The Labute approximate surface area is 78.7 Å². The molecule has 0 spiro atoms. The van der Waals surface area contributed by atoms with E-state index in [-0.39, 0.29) is 5.75 Å². The number of hydrogen-bond acceptors (Lipinski definition) is 3. The van der Waals surface area contributed by atoms with Crippen LogP contribution in [0.1, 0.15) is 0 Å². The molecule has 0 amide bonds. The van der Waals surface area contributed by atoms with E-state index >= 15 is 0 Å². The van der Waals surface area contributed by atoms with Gasteiger partial charge in [0.05, 0.1) is 0 Å². The van der Waals surface area contributed by atoms with Crippen molar-refractivity contribution in [3.63, 3.8) is 0 Å². The number of rotatable bonds is 1. The van der Waals surface area contributed by atoms with Crippen LogP contribution in [-0.4, -0.2) is 17.0 Å². The molecule has 1 N–H and O–H groups in total. The lowest BCUT2D eigenvalue weighted by atomic mass is 10.3. The van der Waals surface area contributed by atoms with Crippen LogP contribution in [0.5, 0.6) is 5.75 Å². The normalized spacial score (nSPS) is 9.31. The summed E-state index contributed by atoms with van der Waals surface area (Å²) in [7, 11) is 0. The maximum absolute atomic E-state index is 10.6. The molecule has 0 heterocycles. The number of ether oxygens (including phenoxy) is 1. The van der Waals surface area contributed by atoms with Gasteiger partial charge in [0.25, 0.3) is 0 Å². The Morgan fingerprint density at radius 1 is 1.38 bits per heavy atom. The Bertz CT molecular complexity index is 348. The SMILES string of the molecule is O=C(O)C(=O)Oc1cccc(Cl)c1. The number of halogens is 1. The topological polar surface area (TPSA) is 63.6 Å². The molecule has 0 saturated heterocycles. The van der Waals surface area contributed by atoms with Crippen molar-refractivity contribution >= 4 is 23.5 Å². The van der Waals surface area contributed by atoms with Crippen molar-refractivity contribution in [2.75, 3.05) is 0 Å². The molecule has 0 aliphatic rings. The van der Waals surface area contributed by atoms with Crippen molar-refractivity contribution in [1.29, 1.82) is 0 Å². The average molecular weight is 201 g/mol. The molecule has 0 unspecified atom stereocenters. The highest BCUT2D eigenvalue weighted by molar-refractivity contribution is 6.31.